The van der Waals surface area contributed by atoms with Crippen molar-refractivity contribution in [3.8, 4) is 5.75 Å². The highest BCUT2D eigenvalue weighted by molar-refractivity contribution is 5.77. The van der Waals surface area contributed by atoms with Gasteiger partial charge in [-0.05, 0) is 24.6 Å². The highest BCUT2D eigenvalue weighted by Gasteiger charge is 2.01. The normalized spacial score (nSPS) is 10.5. The fourth-order valence-corrected chi connectivity index (χ4v) is 1.37. The van der Waals surface area contributed by atoms with Crippen LogP contribution in [0.2, 0.25) is 0 Å². The topological polar surface area (TPSA) is 39.4 Å². The van der Waals surface area contributed by atoms with Crippen LogP contribution in [0.5, 0.6) is 5.75 Å². The first kappa shape index (κ1) is 9.77. The Morgan fingerprint density at radius 2 is 2.20 bits per heavy atom. The zero-order valence-corrected chi connectivity index (χ0v) is 8.53. The zero-order chi connectivity index (χ0) is 10.7. The summed E-state index contributed by atoms with van der Waals surface area (Å²) in [4.78, 5) is 11.5. The van der Waals surface area contributed by atoms with Gasteiger partial charge in [-0.15, -0.1) is 0 Å². The first-order valence-corrected chi connectivity index (χ1v) is 4.95. The minimum Gasteiger partial charge on any atom is -0.494 e. The Bertz CT molecular complexity index is 514. The molecule has 3 nitrogen and oxygen atoms in total. The van der Waals surface area contributed by atoms with Crippen LogP contribution in [0.4, 0.5) is 0 Å². The molecule has 0 saturated heterocycles. The molecule has 0 saturated carbocycles. The van der Waals surface area contributed by atoms with E-state index >= 15 is 0 Å². The molecule has 0 bridgehead atoms. The van der Waals surface area contributed by atoms with Gasteiger partial charge in [-0.2, -0.15) is 0 Å². The van der Waals surface area contributed by atoms with Gasteiger partial charge in [0, 0.05) is 6.07 Å². The lowest BCUT2D eigenvalue weighted by Crippen LogP contribution is -2.00. The van der Waals surface area contributed by atoms with Crippen LogP contribution in [0, 0.1) is 0 Å². The molecule has 0 N–H and O–H groups in total. The lowest BCUT2D eigenvalue weighted by Gasteiger charge is -2.04. The molecule has 1 heterocycles. The molecule has 1 aromatic carbocycles. The minimum absolute atomic E-state index is 0.0433. The summed E-state index contributed by atoms with van der Waals surface area (Å²) in [6.07, 6.45) is 2.35. The summed E-state index contributed by atoms with van der Waals surface area (Å²) in [7, 11) is 0. The molecule has 15 heavy (non-hydrogen) atoms. The van der Waals surface area contributed by atoms with Crippen molar-refractivity contribution in [1.29, 1.82) is 0 Å². The van der Waals surface area contributed by atoms with Gasteiger partial charge in [0.25, 0.3) is 0 Å². The van der Waals surface area contributed by atoms with Crippen LogP contribution in [-0.2, 0) is 0 Å². The molecule has 3 heteroatoms. The third-order valence-corrected chi connectivity index (χ3v) is 2.10. The predicted molar refractivity (Wildman–Crippen MR) is 58.3 cm³/mol. The maximum atomic E-state index is 11.5. The Morgan fingerprint density at radius 3 is 3.00 bits per heavy atom. The summed E-state index contributed by atoms with van der Waals surface area (Å²) in [5.74, 6) is 0.711. The molecule has 0 spiro atoms. The molecule has 0 atom stereocenters. The third-order valence-electron chi connectivity index (χ3n) is 2.10. The summed E-state index contributed by atoms with van der Waals surface area (Å²) in [5, 5.41) is 0.561. The highest BCUT2D eigenvalue weighted by Crippen LogP contribution is 2.17. The summed E-state index contributed by atoms with van der Waals surface area (Å²) in [5.41, 5.74) is 0.546. The second-order valence-corrected chi connectivity index (χ2v) is 3.29. The van der Waals surface area contributed by atoms with Gasteiger partial charge in [0.05, 0.1) is 18.3 Å². The van der Waals surface area contributed by atoms with Crippen molar-refractivity contribution in [1.82, 2.24) is 0 Å². The monoisotopic (exact) mass is 204 g/mol. The minimum atomic E-state index is -0.0433. The molecule has 2 aromatic rings. The molecule has 1 aromatic heterocycles. The van der Waals surface area contributed by atoms with Crippen molar-refractivity contribution in [3.05, 3.63) is 40.8 Å². The Kier molecular flexibility index (Phi) is 2.72. The molecule has 0 unspecified atom stereocenters. The number of benzene rings is 1. The van der Waals surface area contributed by atoms with E-state index in [0.29, 0.717) is 23.3 Å². The van der Waals surface area contributed by atoms with E-state index in [1.54, 1.807) is 18.2 Å². The van der Waals surface area contributed by atoms with Crippen molar-refractivity contribution in [2.45, 2.75) is 13.3 Å². The first-order valence-electron chi connectivity index (χ1n) is 4.95. The number of ether oxygens (including phenoxy) is 1. The Balaban J connectivity index is 2.45. The second kappa shape index (κ2) is 4.17. The number of hydrogen-bond acceptors (Lipinski definition) is 3. The summed E-state index contributed by atoms with van der Waals surface area (Å²) in [6, 6.07) is 6.69. The standard InChI is InChI=1S/C12H12O3/c1-2-6-14-9-3-4-12-10(8-9)11(13)5-7-15-12/h3-5,7-8H,2,6H2,1H3. The smallest absolute Gasteiger partial charge is 0.192 e. The average Bonchev–Trinajstić information content (AvgIpc) is 2.27. The van der Waals surface area contributed by atoms with Gasteiger partial charge in [0.15, 0.2) is 5.43 Å². The highest BCUT2D eigenvalue weighted by atomic mass is 16.5. The summed E-state index contributed by atoms with van der Waals surface area (Å²) in [6.45, 7) is 2.69. The van der Waals surface area contributed by atoms with Crippen molar-refractivity contribution in [2.75, 3.05) is 6.61 Å². The van der Waals surface area contributed by atoms with Crippen molar-refractivity contribution in [3.63, 3.8) is 0 Å². The summed E-state index contributed by atoms with van der Waals surface area (Å²) < 4.78 is 10.6. The van der Waals surface area contributed by atoms with Crippen molar-refractivity contribution >= 4 is 11.0 Å². The van der Waals surface area contributed by atoms with Gasteiger partial charge in [-0.3, -0.25) is 4.79 Å². The van der Waals surface area contributed by atoms with Gasteiger partial charge in [-0.25, -0.2) is 0 Å². The van der Waals surface area contributed by atoms with Crippen LogP contribution in [0.25, 0.3) is 11.0 Å². The van der Waals surface area contributed by atoms with E-state index in [1.165, 1.54) is 12.3 Å². The number of fused-ring (bicyclic) bond motifs is 1. The van der Waals surface area contributed by atoms with Crippen LogP contribution >= 0.6 is 0 Å². The van der Waals surface area contributed by atoms with Gasteiger partial charge in [-0.1, -0.05) is 6.92 Å². The van der Waals surface area contributed by atoms with E-state index in [0.717, 1.165) is 6.42 Å². The van der Waals surface area contributed by atoms with E-state index in [-0.39, 0.29) is 5.43 Å². The molecule has 78 valence electrons. The van der Waals surface area contributed by atoms with Crippen LogP contribution in [0.3, 0.4) is 0 Å². The van der Waals surface area contributed by atoms with Crippen LogP contribution in [0.1, 0.15) is 13.3 Å². The second-order valence-electron chi connectivity index (χ2n) is 3.29. The Morgan fingerprint density at radius 1 is 1.33 bits per heavy atom. The zero-order valence-electron chi connectivity index (χ0n) is 8.53. The molecule has 0 aliphatic heterocycles. The molecule has 2 rings (SSSR count). The molecule has 0 aliphatic carbocycles. The van der Waals surface area contributed by atoms with E-state index < -0.39 is 0 Å². The molecular weight excluding hydrogens is 192 g/mol. The van der Waals surface area contributed by atoms with E-state index in [4.69, 9.17) is 9.15 Å². The number of hydrogen-bond donors (Lipinski definition) is 0. The molecular formula is C12H12O3. The molecule has 0 fully saturated rings. The van der Waals surface area contributed by atoms with Gasteiger partial charge in [0.1, 0.15) is 11.3 Å². The lowest BCUT2D eigenvalue weighted by molar-refractivity contribution is 0.317. The number of rotatable bonds is 3. The van der Waals surface area contributed by atoms with Gasteiger partial charge >= 0.3 is 0 Å². The van der Waals surface area contributed by atoms with Crippen LogP contribution in [0.15, 0.2) is 39.7 Å². The maximum absolute atomic E-state index is 11.5. The first-order chi connectivity index (χ1) is 7.31. The van der Waals surface area contributed by atoms with Gasteiger partial charge < -0.3 is 9.15 Å². The van der Waals surface area contributed by atoms with Gasteiger partial charge in [0.2, 0.25) is 0 Å². The van der Waals surface area contributed by atoms with E-state index in [2.05, 4.69) is 0 Å². The van der Waals surface area contributed by atoms with Crippen molar-refractivity contribution < 1.29 is 9.15 Å². The fourth-order valence-electron chi connectivity index (χ4n) is 1.37. The van der Waals surface area contributed by atoms with Crippen LogP contribution in [-0.4, -0.2) is 6.61 Å². The quantitative estimate of drug-likeness (QED) is 0.771. The van der Waals surface area contributed by atoms with Crippen LogP contribution < -0.4 is 10.2 Å². The average molecular weight is 204 g/mol. The van der Waals surface area contributed by atoms with E-state index in [1.807, 2.05) is 6.92 Å². The molecule has 0 aliphatic rings. The Labute approximate surface area is 87.3 Å². The van der Waals surface area contributed by atoms with E-state index in [9.17, 15) is 4.79 Å². The summed E-state index contributed by atoms with van der Waals surface area (Å²) >= 11 is 0. The third kappa shape index (κ3) is 2.01. The largest absolute Gasteiger partial charge is 0.494 e. The SMILES string of the molecule is CCCOc1ccc2occc(=O)c2c1. The maximum Gasteiger partial charge on any atom is 0.192 e. The molecule has 0 amide bonds. The van der Waals surface area contributed by atoms with Crippen molar-refractivity contribution in [2.24, 2.45) is 0 Å². The Hall–Kier alpha value is -1.77. The predicted octanol–water partition coefficient (Wildman–Crippen LogP) is 2.58. The lowest BCUT2D eigenvalue weighted by atomic mass is 10.2. The molecule has 0 radical (unpaired) electrons. The fraction of sp³-hybridized carbons (Fsp3) is 0.250.